The number of aliphatic hydroxyl groups excluding tert-OH is 1. The lowest BCUT2D eigenvalue weighted by Crippen LogP contribution is -2.54. The number of nitrogens with one attached hydrogen (secondary N) is 1. The van der Waals surface area contributed by atoms with Gasteiger partial charge >= 0.3 is 0 Å². The Morgan fingerprint density at radius 3 is 2.42 bits per heavy atom. The normalized spacial score (nSPS) is 23.2. The smallest absolute Gasteiger partial charge is 0.254 e. The number of likely N-dealkylation sites (tertiary alicyclic amines) is 2. The van der Waals surface area contributed by atoms with Gasteiger partial charge in [0.2, 0.25) is 11.8 Å². The van der Waals surface area contributed by atoms with E-state index >= 15 is 0 Å². The molecule has 78 heavy (non-hydrogen) atoms. The number of pyridine rings is 1. The van der Waals surface area contributed by atoms with E-state index in [4.69, 9.17) is 19.7 Å². The summed E-state index contributed by atoms with van der Waals surface area (Å²) in [5.41, 5.74) is 15.2. The minimum atomic E-state index is -0.828. The fraction of sp³-hybridized carbons (Fsp3) is 0.475. The van der Waals surface area contributed by atoms with Crippen LogP contribution in [-0.4, -0.2) is 139 Å². The Balaban J connectivity index is 0.603. The third kappa shape index (κ3) is 11.5. The number of phenolic OH excluding ortho intramolecular Hbond substituents is 1. The number of ether oxygens (including phenoxy) is 2. The van der Waals surface area contributed by atoms with E-state index in [0.29, 0.717) is 54.0 Å². The van der Waals surface area contributed by atoms with Crippen LogP contribution in [0.5, 0.6) is 11.6 Å². The zero-order valence-corrected chi connectivity index (χ0v) is 45.5. The van der Waals surface area contributed by atoms with Gasteiger partial charge in [0.05, 0.1) is 51.8 Å². The first-order chi connectivity index (χ1) is 37.8. The maximum absolute atomic E-state index is 14.2. The second-order valence-corrected chi connectivity index (χ2v) is 22.9. The van der Waals surface area contributed by atoms with Gasteiger partial charge in [0.1, 0.15) is 30.0 Å². The number of phenols is 1. The van der Waals surface area contributed by atoms with E-state index in [2.05, 4.69) is 69.3 Å². The Kier molecular flexibility index (Phi) is 15.7. The molecule has 18 nitrogen and oxygen atoms in total. The molecule has 4 saturated heterocycles. The largest absolute Gasteiger partial charge is 0.507 e. The number of aromatic hydroxyl groups is 1. The highest BCUT2D eigenvalue weighted by molar-refractivity contribution is 7.13. The molecule has 11 rings (SSSR count). The van der Waals surface area contributed by atoms with Gasteiger partial charge in [-0.3, -0.25) is 14.5 Å². The Hall–Kier alpha value is -7.11. The summed E-state index contributed by atoms with van der Waals surface area (Å²) in [5, 5.41) is 37.0. The van der Waals surface area contributed by atoms with Crippen LogP contribution in [0.3, 0.4) is 0 Å². The number of hydrogen-bond acceptors (Lipinski definition) is 17. The number of fused-ring (bicyclic) bond motifs is 2. The van der Waals surface area contributed by atoms with Gasteiger partial charge in [-0.15, -0.1) is 21.5 Å². The quantitative estimate of drug-likeness (QED) is 0.0695. The lowest BCUT2D eigenvalue weighted by molar-refractivity contribution is -0.141. The molecular weight excluding hydrogens is 1010 g/mol. The van der Waals surface area contributed by atoms with E-state index in [-0.39, 0.29) is 60.6 Å². The van der Waals surface area contributed by atoms with E-state index in [9.17, 15) is 19.8 Å². The number of amides is 2. The van der Waals surface area contributed by atoms with E-state index in [1.165, 1.54) is 4.90 Å². The standard InChI is InChI=1S/C59H69N11O7S/c1-35(2)55(59(74)69-33-45(71)28-51(69)58(73)63-36(3)39-10-12-40(13-11-39)56-37(4)62-34-78-56)53-30-54(66-77-53)75-24-23-67-21-18-46(19-22-67)76-47-25-38(26-47)9-14-41-27-42(17-20-61-41)70-43-15-16-44(70)32-68(31-43)50-29-49(64-65-57(50)60)48-7-5-6-8-52(48)72/h5-8,10-13,17,20,27,29-30,34-36,38,43-47,51,55,71-72H,15-16,18-19,21-26,28,31-33H2,1-4H3,(H2,60,65)(H,63,73)/t36-,38?,43?,44?,45+,47?,51-,55+/m0/s1. The van der Waals surface area contributed by atoms with Crippen LogP contribution in [-0.2, 0) is 14.3 Å². The van der Waals surface area contributed by atoms with Crippen molar-refractivity contribution in [1.82, 2.24) is 40.4 Å². The maximum Gasteiger partial charge on any atom is 0.254 e. The summed E-state index contributed by atoms with van der Waals surface area (Å²) in [6, 6.07) is 22.5. The van der Waals surface area contributed by atoms with Gasteiger partial charge in [-0.1, -0.05) is 56.2 Å². The molecule has 5 N–H and O–H groups in total. The summed E-state index contributed by atoms with van der Waals surface area (Å²) in [4.78, 5) is 46.8. The number of rotatable bonds is 16. The van der Waals surface area contributed by atoms with Crippen molar-refractivity contribution >= 4 is 40.3 Å². The van der Waals surface area contributed by atoms with Crippen LogP contribution in [0.2, 0.25) is 0 Å². The van der Waals surface area contributed by atoms with Gasteiger partial charge in [-0.25, -0.2) is 9.97 Å². The Bertz CT molecular complexity index is 3130. The second kappa shape index (κ2) is 23.1. The number of piperidine rings is 1. The van der Waals surface area contributed by atoms with Crippen molar-refractivity contribution in [2.75, 3.05) is 61.4 Å². The van der Waals surface area contributed by atoms with E-state index in [0.717, 1.165) is 103 Å². The third-order valence-electron chi connectivity index (χ3n) is 16.3. The van der Waals surface area contributed by atoms with Gasteiger partial charge in [-0.2, -0.15) is 0 Å². The number of benzene rings is 2. The van der Waals surface area contributed by atoms with Crippen molar-refractivity contribution in [3.05, 3.63) is 107 Å². The Morgan fingerprint density at radius 2 is 1.69 bits per heavy atom. The van der Waals surface area contributed by atoms with Gasteiger partial charge in [0, 0.05) is 87.2 Å². The van der Waals surface area contributed by atoms with Crippen LogP contribution < -0.4 is 25.6 Å². The zero-order valence-electron chi connectivity index (χ0n) is 44.7. The average Bonchev–Trinajstić information content (AvgIpc) is 4.35. The first-order valence-electron chi connectivity index (χ1n) is 27.5. The minimum absolute atomic E-state index is 0.0547. The molecule has 2 amide bonds. The van der Waals surface area contributed by atoms with Crippen molar-refractivity contribution < 1.29 is 33.8 Å². The molecule has 0 radical (unpaired) electrons. The summed E-state index contributed by atoms with van der Waals surface area (Å²) in [6.45, 7) is 12.4. The number of para-hydroxylation sites is 1. The summed E-state index contributed by atoms with van der Waals surface area (Å²) >= 11 is 1.59. The lowest BCUT2D eigenvalue weighted by atomic mass is 9.82. The number of aryl methyl sites for hydroxylation is 1. The molecule has 5 aliphatic rings. The number of carbonyl (C=O) groups excluding carboxylic acids is 2. The number of aromatic nitrogens is 5. The van der Waals surface area contributed by atoms with Crippen molar-refractivity contribution in [3.63, 3.8) is 0 Å². The number of nitrogens with two attached hydrogens (primary N) is 1. The highest BCUT2D eigenvalue weighted by Crippen LogP contribution is 2.40. The van der Waals surface area contributed by atoms with Gasteiger partial charge < -0.3 is 50.0 Å². The summed E-state index contributed by atoms with van der Waals surface area (Å²) in [7, 11) is 0. The van der Waals surface area contributed by atoms with Crippen LogP contribution in [0.15, 0.2) is 89.0 Å². The predicted molar refractivity (Wildman–Crippen MR) is 298 cm³/mol. The average molecular weight is 1080 g/mol. The summed E-state index contributed by atoms with van der Waals surface area (Å²) in [6.07, 6.45) is 7.52. The summed E-state index contributed by atoms with van der Waals surface area (Å²) < 4.78 is 18.3. The molecule has 6 aromatic rings. The molecule has 1 saturated carbocycles. The maximum atomic E-state index is 14.2. The summed E-state index contributed by atoms with van der Waals surface area (Å²) in [5.74, 6) is 6.87. The van der Waals surface area contributed by atoms with Crippen molar-refractivity contribution in [2.24, 2.45) is 11.8 Å². The van der Waals surface area contributed by atoms with Crippen LogP contribution in [0.25, 0.3) is 21.7 Å². The molecule has 408 valence electrons. The third-order valence-corrected chi connectivity index (χ3v) is 17.3. The molecule has 1 aliphatic carbocycles. The van der Waals surface area contributed by atoms with Crippen molar-refractivity contribution in [3.8, 4) is 45.2 Å². The molecule has 8 heterocycles. The fourth-order valence-electron chi connectivity index (χ4n) is 12.0. The number of carbonyl (C=O) groups is 2. The topological polar surface area (TPSA) is 222 Å². The number of thiazole rings is 1. The highest BCUT2D eigenvalue weighted by atomic mass is 32.1. The molecule has 6 atom stereocenters. The lowest BCUT2D eigenvalue weighted by Gasteiger charge is -2.43. The molecule has 5 fully saturated rings. The number of β-amino-alcohol motifs (C(OH)–C–C–N with tert-alkyl or cyclic N) is 1. The van der Waals surface area contributed by atoms with Gasteiger partial charge in [0.25, 0.3) is 5.88 Å². The predicted octanol–water partition coefficient (Wildman–Crippen LogP) is 7.37. The van der Waals surface area contributed by atoms with Gasteiger partial charge in [0.15, 0.2) is 11.6 Å². The van der Waals surface area contributed by atoms with Crippen LogP contribution >= 0.6 is 11.3 Å². The van der Waals surface area contributed by atoms with Gasteiger partial charge in [-0.05, 0) is 111 Å². The Morgan fingerprint density at radius 1 is 0.923 bits per heavy atom. The molecule has 2 aromatic carbocycles. The van der Waals surface area contributed by atoms with Crippen molar-refractivity contribution in [1.29, 1.82) is 0 Å². The van der Waals surface area contributed by atoms with Crippen LogP contribution in [0.4, 0.5) is 17.2 Å². The fourth-order valence-corrected chi connectivity index (χ4v) is 12.8. The molecule has 19 heteroatoms. The molecule has 2 unspecified atom stereocenters. The van der Waals surface area contributed by atoms with E-state index in [1.54, 1.807) is 29.5 Å². The first kappa shape index (κ1) is 52.9. The second-order valence-electron chi connectivity index (χ2n) is 22.0. The van der Waals surface area contributed by atoms with E-state index in [1.807, 2.05) is 81.9 Å². The molecule has 0 spiro atoms. The molecule has 4 aromatic heterocycles. The number of piperazine rings is 1. The number of anilines is 3. The monoisotopic (exact) mass is 1080 g/mol. The zero-order chi connectivity index (χ0) is 54.0. The highest BCUT2D eigenvalue weighted by Gasteiger charge is 2.44. The minimum Gasteiger partial charge on any atom is -0.507 e. The molecule has 4 aliphatic heterocycles. The number of nitrogen functional groups attached to an aromatic ring is 1. The van der Waals surface area contributed by atoms with Crippen LogP contribution in [0.1, 0.15) is 100 Å². The molecule has 2 bridgehead atoms. The number of nitrogens with zero attached hydrogens (tertiary/aromatic N) is 9. The van der Waals surface area contributed by atoms with E-state index < -0.39 is 18.1 Å². The SMILES string of the molecule is Cc1ncsc1-c1ccc([C@H](C)NC(=O)[C@@H]2C[C@@H](O)CN2C(=O)[C@@H](c2cc(OCCN3CCC(OC4CC(C#Cc5cc(N6C7CCC6CN(c6cc(-c8ccccc8O)nnc6N)C7)ccn5)C4)CC3)no2)C(C)C)cc1. The first-order valence-corrected chi connectivity index (χ1v) is 28.4. The number of aliphatic hydroxyl groups is 1. The van der Waals surface area contributed by atoms with Crippen LogP contribution in [0, 0.1) is 30.6 Å². The molecular formula is C59H69N11O7S. The Labute approximate surface area is 459 Å². The van der Waals surface area contributed by atoms with Crippen molar-refractivity contribution in [2.45, 2.75) is 121 Å². The number of hydrogen-bond donors (Lipinski definition) is 4.